The number of hydrogen-bond acceptors (Lipinski definition) is 2. The SMILES string of the molecule is CCOc1ccccc1C(C)Nc1cc(Cl)ccc1C. The number of hydrogen-bond donors (Lipinski definition) is 1. The van der Waals surface area contributed by atoms with Crippen LogP contribution in [0, 0.1) is 6.92 Å². The van der Waals surface area contributed by atoms with E-state index in [1.807, 2.05) is 43.3 Å². The number of halogens is 1. The van der Waals surface area contributed by atoms with Gasteiger partial charge in [-0.2, -0.15) is 0 Å². The second-order valence-electron chi connectivity index (χ2n) is 4.80. The van der Waals surface area contributed by atoms with Crippen molar-refractivity contribution in [2.45, 2.75) is 26.8 Å². The lowest BCUT2D eigenvalue weighted by atomic mass is 10.1. The van der Waals surface area contributed by atoms with E-state index in [2.05, 4.69) is 25.2 Å². The van der Waals surface area contributed by atoms with Crippen LogP contribution in [-0.4, -0.2) is 6.61 Å². The summed E-state index contributed by atoms with van der Waals surface area (Å²) < 4.78 is 5.68. The first-order valence-electron chi connectivity index (χ1n) is 6.86. The van der Waals surface area contributed by atoms with Gasteiger partial charge in [0.25, 0.3) is 0 Å². The highest BCUT2D eigenvalue weighted by Crippen LogP contribution is 2.29. The summed E-state index contributed by atoms with van der Waals surface area (Å²) in [7, 11) is 0. The van der Waals surface area contributed by atoms with Crippen LogP contribution in [-0.2, 0) is 0 Å². The molecule has 1 N–H and O–H groups in total. The molecule has 0 radical (unpaired) electrons. The van der Waals surface area contributed by atoms with Gasteiger partial charge in [-0.15, -0.1) is 0 Å². The minimum Gasteiger partial charge on any atom is -0.494 e. The maximum absolute atomic E-state index is 6.06. The number of ether oxygens (including phenoxy) is 1. The number of benzene rings is 2. The molecule has 0 fully saturated rings. The number of anilines is 1. The molecule has 0 aliphatic heterocycles. The summed E-state index contributed by atoms with van der Waals surface area (Å²) in [5.41, 5.74) is 3.38. The van der Waals surface area contributed by atoms with Gasteiger partial charge in [-0.1, -0.05) is 35.9 Å². The fourth-order valence-corrected chi connectivity index (χ4v) is 2.36. The zero-order valence-electron chi connectivity index (χ0n) is 12.1. The van der Waals surface area contributed by atoms with Crippen molar-refractivity contribution in [2.24, 2.45) is 0 Å². The van der Waals surface area contributed by atoms with E-state index in [1.165, 1.54) is 5.56 Å². The van der Waals surface area contributed by atoms with E-state index in [9.17, 15) is 0 Å². The van der Waals surface area contributed by atoms with Crippen LogP contribution in [0.3, 0.4) is 0 Å². The zero-order valence-corrected chi connectivity index (χ0v) is 12.9. The summed E-state index contributed by atoms with van der Waals surface area (Å²) in [5.74, 6) is 0.926. The molecular formula is C17H20ClNO. The van der Waals surface area contributed by atoms with Gasteiger partial charge in [-0.25, -0.2) is 0 Å². The van der Waals surface area contributed by atoms with Gasteiger partial charge in [0.1, 0.15) is 5.75 Å². The minimum atomic E-state index is 0.148. The van der Waals surface area contributed by atoms with Crippen LogP contribution in [0.5, 0.6) is 5.75 Å². The van der Waals surface area contributed by atoms with Crippen molar-refractivity contribution in [3.63, 3.8) is 0 Å². The molecule has 0 amide bonds. The lowest BCUT2D eigenvalue weighted by molar-refractivity contribution is 0.335. The smallest absolute Gasteiger partial charge is 0.124 e. The van der Waals surface area contributed by atoms with Gasteiger partial charge in [0.15, 0.2) is 0 Å². The molecule has 1 unspecified atom stereocenters. The van der Waals surface area contributed by atoms with E-state index in [0.29, 0.717) is 6.61 Å². The molecule has 0 aromatic heterocycles. The fraction of sp³-hybridized carbons (Fsp3) is 0.294. The van der Waals surface area contributed by atoms with Gasteiger partial charge in [0.2, 0.25) is 0 Å². The maximum atomic E-state index is 6.06. The van der Waals surface area contributed by atoms with Crippen molar-refractivity contribution in [1.29, 1.82) is 0 Å². The Balaban J connectivity index is 2.23. The van der Waals surface area contributed by atoms with Crippen LogP contribution in [0.15, 0.2) is 42.5 Å². The summed E-state index contributed by atoms with van der Waals surface area (Å²) in [6, 6.07) is 14.1. The molecule has 20 heavy (non-hydrogen) atoms. The minimum absolute atomic E-state index is 0.148. The van der Waals surface area contributed by atoms with Crippen molar-refractivity contribution in [3.8, 4) is 5.75 Å². The molecule has 0 aliphatic carbocycles. The molecule has 2 aromatic carbocycles. The van der Waals surface area contributed by atoms with E-state index < -0.39 is 0 Å². The van der Waals surface area contributed by atoms with Crippen LogP contribution in [0.4, 0.5) is 5.69 Å². The van der Waals surface area contributed by atoms with E-state index in [4.69, 9.17) is 16.3 Å². The second-order valence-corrected chi connectivity index (χ2v) is 5.23. The van der Waals surface area contributed by atoms with Crippen LogP contribution in [0.25, 0.3) is 0 Å². The Labute approximate surface area is 125 Å². The predicted octanol–water partition coefficient (Wildman–Crippen LogP) is 5.22. The lowest BCUT2D eigenvalue weighted by Gasteiger charge is -2.20. The summed E-state index contributed by atoms with van der Waals surface area (Å²) >= 11 is 6.06. The summed E-state index contributed by atoms with van der Waals surface area (Å²) in [6.07, 6.45) is 0. The van der Waals surface area contributed by atoms with Gasteiger partial charge in [0.05, 0.1) is 12.6 Å². The molecule has 0 bridgehead atoms. The number of rotatable bonds is 5. The van der Waals surface area contributed by atoms with E-state index in [0.717, 1.165) is 22.0 Å². The van der Waals surface area contributed by atoms with Crippen LogP contribution < -0.4 is 10.1 Å². The van der Waals surface area contributed by atoms with E-state index in [-0.39, 0.29) is 6.04 Å². The summed E-state index contributed by atoms with van der Waals surface area (Å²) in [4.78, 5) is 0. The highest BCUT2D eigenvalue weighted by molar-refractivity contribution is 6.30. The monoisotopic (exact) mass is 289 g/mol. The van der Waals surface area contributed by atoms with Crippen molar-refractivity contribution >= 4 is 17.3 Å². The molecule has 2 nitrogen and oxygen atoms in total. The largest absolute Gasteiger partial charge is 0.494 e. The van der Waals surface area contributed by atoms with Crippen molar-refractivity contribution in [3.05, 3.63) is 58.6 Å². The molecule has 2 aromatic rings. The Bertz CT molecular complexity index is 583. The van der Waals surface area contributed by atoms with Crippen molar-refractivity contribution < 1.29 is 4.74 Å². The highest BCUT2D eigenvalue weighted by atomic mass is 35.5. The second kappa shape index (κ2) is 6.67. The number of aryl methyl sites for hydroxylation is 1. The molecule has 1 atom stereocenters. The molecule has 0 saturated carbocycles. The third-order valence-electron chi connectivity index (χ3n) is 3.26. The Kier molecular flexibility index (Phi) is 4.91. The quantitative estimate of drug-likeness (QED) is 0.815. The lowest BCUT2D eigenvalue weighted by Crippen LogP contribution is -2.09. The average Bonchev–Trinajstić information content (AvgIpc) is 2.44. The van der Waals surface area contributed by atoms with Gasteiger partial charge < -0.3 is 10.1 Å². The predicted molar refractivity (Wildman–Crippen MR) is 85.8 cm³/mol. The number of para-hydroxylation sites is 1. The van der Waals surface area contributed by atoms with Crippen molar-refractivity contribution in [1.82, 2.24) is 0 Å². The Morgan fingerprint density at radius 3 is 2.70 bits per heavy atom. The Hall–Kier alpha value is -1.67. The highest BCUT2D eigenvalue weighted by Gasteiger charge is 2.12. The molecule has 0 spiro atoms. The van der Waals surface area contributed by atoms with Crippen molar-refractivity contribution in [2.75, 3.05) is 11.9 Å². The molecule has 0 saturated heterocycles. The third kappa shape index (κ3) is 3.45. The van der Waals surface area contributed by atoms with E-state index in [1.54, 1.807) is 0 Å². The standard InChI is InChI=1S/C17H20ClNO/c1-4-20-17-8-6-5-7-15(17)13(3)19-16-11-14(18)10-9-12(16)2/h5-11,13,19H,4H2,1-3H3. The Morgan fingerprint density at radius 2 is 1.95 bits per heavy atom. The zero-order chi connectivity index (χ0) is 14.5. The van der Waals surface area contributed by atoms with Crippen LogP contribution in [0.1, 0.15) is 31.0 Å². The molecular weight excluding hydrogens is 270 g/mol. The average molecular weight is 290 g/mol. The van der Waals surface area contributed by atoms with Gasteiger partial charge >= 0.3 is 0 Å². The fourth-order valence-electron chi connectivity index (χ4n) is 2.19. The Morgan fingerprint density at radius 1 is 1.20 bits per heavy atom. The molecule has 2 rings (SSSR count). The first-order valence-corrected chi connectivity index (χ1v) is 7.24. The first-order chi connectivity index (χ1) is 9.61. The van der Waals surface area contributed by atoms with Crippen LogP contribution >= 0.6 is 11.6 Å². The van der Waals surface area contributed by atoms with E-state index >= 15 is 0 Å². The number of nitrogens with one attached hydrogen (secondary N) is 1. The molecule has 3 heteroatoms. The molecule has 0 heterocycles. The van der Waals surface area contributed by atoms with Gasteiger partial charge in [0, 0.05) is 16.3 Å². The third-order valence-corrected chi connectivity index (χ3v) is 3.49. The topological polar surface area (TPSA) is 21.3 Å². The maximum Gasteiger partial charge on any atom is 0.124 e. The first kappa shape index (κ1) is 14.7. The molecule has 0 aliphatic rings. The summed E-state index contributed by atoms with van der Waals surface area (Å²) in [5, 5.41) is 4.24. The van der Waals surface area contributed by atoms with Gasteiger partial charge in [-0.05, 0) is 44.5 Å². The van der Waals surface area contributed by atoms with Gasteiger partial charge in [-0.3, -0.25) is 0 Å². The molecule has 106 valence electrons. The normalized spacial score (nSPS) is 12.0. The summed E-state index contributed by atoms with van der Waals surface area (Å²) in [6.45, 7) is 6.86. The van der Waals surface area contributed by atoms with Crippen LogP contribution in [0.2, 0.25) is 5.02 Å².